The van der Waals surface area contributed by atoms with E-state index in [0.29, 0.717) is 41.5 Å². The Morgan fingerprint density at radius 3 is 2.89 bits per heavy atom. The van der Waals surface area contributed by atoms with Crippen LogP contribution >= 0.6 is 11.6 Å². The molecule has 0 saturated carbocycles. The summed E-state index contributed by atoms with van der Waals surface area (Å²) in [6.45, 7) is 2.25. The summed E-state index contributed by atoms with van der Waals surface area (Å²) in [5.74, 6) is 0.686. The summed E-state index contributed by atoms with van der Waals surface area (Å²) in [5.41, 5.74) is 3.27. The molecule has 182 valence electrons. The first-order valence-electron chi connectivity index (χ1n) is 11.9. The van der Waals surface area contributed by atoms with Gasteiger partial charge in [0.05, 0.1) is 5.69 Å². The van der Waals surface area contributed by atoms with Gasteiger partial charge >= 0.3 is 6.03 Å². The number of fused-ring (bicyclic) bond motifs is 1. The van der Waals surface area contributed by atoms with E-state index in [0.717, 1.165) is 29.8 Å². The van der Waals surface area contributed by atoms with Gasteiger partial charge in [0.25, 0.3) is 0 Å². The number of nitrogens with one attached hydrogen (secondary N) is 2. The summed E-state index contributed by atoms with van der Waals surface area (Å²) < 4.78 is 15.1. The number of hydrogen-bond acceptors (Lipinski definition) is 4. The first-order chi connectivity index (χ1) is 17.5. The molecule has 2 aromatic heterocycles. The van der Waals surface area contributed by atoms with Crippen molar-refractivity contribution in [2.45, 2.75) is 19.4 Å². The maximum atomic E-state index is 13.4. The second kappa shape index (κ2) is 10.6. The number of halogens is 2. The van der Waals surface area contributed by atoms with Crippen LogP contribution in [-0.2, 0) is 6.54 Å². The third kappa shape index (κ3) is 5.31. The molecule has 1 fully saturated rings. The minimum Gasteiger partial charge on any atom is -0.370 e. The molecule has 1 aliphatic rings. The van der Waals surface area contributed by atoms with Crippen LogP contribution < -0.4 is 16.1 Å². The predicted octanol–water partition coefficient (Wildman–Crippen LogP) is 4.02. The molecule has 10 heteroatoms. The number of aromatic nitrogens is 3. The zero-order valence-electron chi connectivity index (χ0n) is 19.6. The molecule has 2 radical (unpaired) electrons. The fraction of sp³-hybridized carbons (Fsp3) is 0.269. The zero-order chi connectivity index (χ0) is 25.1. The van der Waals surface area contributed by atoms with Gasteiger partial charge in [0.1, 0.15) is 19.5 Å². The fourth-order valence-corrected chi connectivity index (χ4v) is 4.75. The highest BCUT2D eigenvalue weighted by molar-refractivity contribution is 6.36. The Morgan fingerprint density at radius 1 is 1.19 bits per heavy atom. The van der Waals surface area contributed by atoms with E-state index in [2.05, 4.69) is 20.7 Å². The lowest BCUT2D eigenvalue weighted by Gasteiger charge is -2.33. The van der Waals surface area contributed by atoms with Crippen LogP contribution in [0, 0.1) is 11.7 Å². The summed E-state index contributed by atoms with van der Waals surface area (Å²) in [7, 11) is 6.12. The van der Waals surface area contributed by atoms with E-state index in [1.807, 2.05) is 35.2 Å². The third-order valence-electron chi connectivity index (χ3n) is 6.36. The molecule has 0 spiro atoms. The number of benzene rings is 2. The molecular formula is C26H25BClFN6O. The number of urea groups is 1. The van der Waals surface area contributed by atoms with Crippen molar-refractivity contribution in [1.82, 2.24) is 24.8 Å². The second-order valence-electron chi connectivity index (χ2n) is 8.97. The van der Waals surface area contributed by atoms with Gasteiger partial charge in [-0.15, -0.1) is 0 Å². The summed E-state index contributed by atoms with van der Waals surface area (Å²) in [6.07, 6.45) is 3.48. The Morgan fingerprint density at radius 2 is 2.06 bits per heavy atom. The minimum atomic E-state index is -0.312. The van der Waals surface area contributed by atoms with E-state index in [1.54, 1.807) is 22.8 Å². The Bertz CT molecular complexity index is 1400. The van der Waals surface area contributed by atoms with Crippen LogP contribution in [-0.4, -0.2) is 53.0 Å². The molecule has 1 aliphatic heterocycles. The maximum Gasteiger partial charge on any atom is 0.317 e. The lowest BCUT2D eigenvalue weighted by molar-refractivity contribution is 0.168. The predicted molar refractivity (Wildman–Crippen MR) is 140 cm³/mol. The molecule has 4 aromatic rings. The van der Waals surface area contributed by atoms with Crippen molar-refractivity contribution in [3.8, 4) is 11.3 Å². The van der Waals surface area contributed by atoms with Crippen LogP contribution in [0.1, 0.15) is 18.4 Å². The molecular weight excluding hydrogens is 478 g/mol. The maximum absolute atomic E-state index is 13.4. The molecule has 2 N–H and O–H groups in total. The van der Waals surface area contributed by atoms with Gasteiger partial charge < -0.3 is 15.5 Å². The summed E-state index contributed by atoms with van der Waals surface area (Å²) >= 11 is 6.42. The van der Waals surface area contributed by atoms with Crippen molar-refractivity contribution < 1.29 is 9.18 Å². The van der Waals surface area contributed by atoms with Crippen molar-refractivity contribution >= 4 is 42.4 Å². The molecule has 0 bridgehead atoms. The Labute approximate surface area is 215 Å². The molecule has 1 unspecified atom stereocenters. The van der Waals surface area contributed by atoms with Gasteiger partial charge in [-0.3, -0.25) is 0 Å². The molecule has 1 saturated heterocycles. The molecule has 3 heterocycles. The van der Waals surface area contributed by atoms with Crippen molar-refractivity contribution in [2.24, 2.45) is 5.92 Å². The number of anilines is 1. The van der Waals surface area contributed by atoms with E-state index in [-0.39, 0.29) is 24.3 Å². The largest absolute Gasteiger partial charge is 0.370 e. The van der Waals surface area contributed by atoms with Gasteiger partial charge in [-0.1, -0.05) is 41.9 Å². The van der Waals surface area contributed by atoms with Crippen molar-refractivity contribution in [2.75, 3.05) is 25.0 Å². The van der Waals surface area contributed by atoms with E-state index < -0.39 is 0 Å². The van der Waals surface area contributed by atoms with E-state index >= 15 is 0 Å². The number of rotatable bonds is 6. The molecule has 36 heavy (non-hydrogen) atoms. The third-order valence-corrected chi connectivity index (χ3v) is 6.69. The number of likely N-dealkylation sites (tertiary alicyclic amines) is 1. The number of carbonyl (C=O) groups is 1. The van der Waals surface area contributed by atoms with Gasteiger partial charge in [0, 0.05) is 49.0 Å². The van der Waals surface area contributed by atoms with Crippen LogP contribution in [0.15, 0.2) is 60.8 Å². The van der Waals surface area contributed by atoms with E-state index in [1.165, 1.54) is 12.1 Å². The molecule has 2 aromatic carbocycles. The number of amides is 2. The number of piperidine rings is 1. The van der Waals surface area contributed by atoms with Gasteiger partial charge in [0.2, 0.25) is 0 Å². The highest BCUT2D eigenvalue weighted by atomic mass is 35.5. The SMILES string of the molecule is [B]c1cnn2c(NCC3CCCN(C(=O)NCc4cccc(F)c4)C3)cc(-c3ccccc3Cl)nc12. The Hall–Kier alpha value is -3.59. The van der Waals surface area contributed by atoms with Crippen LogP contribution in [0.5, 0.6) is 0 Å². The monoisotopic (exact) mass is 502 g/mol. The van der Waals surface area contributed by atoms with Gasteiger partial charge in [0.15, 0.2) is 5.65 Å². The van der Waals surface area contributed by atoms with Crippen molar-refractivity contribution in [1.29, 1.82) is 0 Å². The van der Waals surface area contributed by atoms with Crippen molar-refractivity contribution in [3.05, 3.63) is 77.2 Å². The average molecular weight is 503 g/mol. The topological polar surface area (TPSA) is 74.6 Å². The minimum absolute atomic E-state index is 0.142. The van der Waals surface area contributed by atoms with Crippen LogP contribution in [0.4, 0.5) is 15.0 Å². The number of hydrogen-bond donors (Lipinski definition) is 2. The van der Waals surface area contributed by atoms with Crippen LogP contribution in [0.2, 0.25) is 5.02 Å². The molecule has 1 atom stereocenters. The fourth-order valence-electron chi connectivity index (χ4n) is 4.51. The highest BCUT2D eigenvalue weighted by Gasteiger charge is 2.24. The number of carbonyl (C=O) groups excluding carboxylic acids is 1. The second-order valence-corrected chi connectivity index (χ2v) is 9.37. The first-order valence-corrected chi connectivity index (χ1v) is 12.3. The first kappa shape index (κ1) is 24.1. The smallest absolute Gasteiger partial charge is 0.317 e. The summed E-state index contributed by atoms with van der Waals surface area (Å²) in [5, 5.41) is 11.4. The Kier molecular flexibility index (Phi) is 7.09. The number of nitrogens with zero attached hydrogens (tertiary/aromatic N) is 4. The van der Waals surface area contributed by atoms with Crippen molar-refractivity contribution in [3.63, 3.8) is 0 Å². The highest BCUT2D eigenvalue weighted by Crippen LogP contribution is 2.28. The van der Waals surface area contributed by atoms with Gasteiger partial charge in [-0.05, 0) is 48.0 Å². The average Bonchev–Trinajstić information content (AvgIpc) is 3.27. The lowest BCUT2D eigenvalue weighted by atomic mass is 9.98. The summed E-state index contributed by atoms with van der Waals surface area (Å²) in [6, 6.07) is 15.5. The zero-order valence-corrected chi connectivity index (χ0v) is 20.4. The van der Waals surface area contributed by atoms with E-state index in [9.17, 15) is 9.18 Å². The normalized spacial score (nSPS) is 15.7. The van der Waals surface area contributed by atoms with Crippen LogP contribution in [0.25, 0.3) is 16.9 Å². The summed E-state index contributed by atoms with van der Waals surface area (Å²) in [4.78, 5) is 19.2. The van der Waals surface area contributed by atoms with Gasteiger partial charge in [-0.25, -0.2) is 14.2 Å². The Balaban J connectivity index is 1.26. The molecule has 5 rings (SSSR count). The lowest BCUT2D eigenvalue weighted by Crippen LogP contribution is -2.46. The van der Waals surface area contributed by atoms with Gasteiger partial charge in [-0.2, -0.15) is 9.61 Å². The quantitative estimate of drug-likeness (QED) is 0.391. The molecule has 7 nitrogen and oxygen atoms in total. The molecule has 0 aliphatic carbocycles. The van der Waals surface area contributed by atoms with Crippen LogP contribution in [0.3, 0.4) is 0 Å². The van der Waals surface area contributed by atoms with E-state index in [4.69, 9.17) is 19.4 Å². The molecule has 2 amide bonds. The standard InChI is InChI=1S/C26H25BClFN6O/c27-21-15-32-35-24(12-23(33-25(21)35)20-8-1-2-9-22(20)28)30-14-18-6-4-10-34(16-18)26(36)31-13-17-5-3-7-19(29)11-17/h1-3,5,7-9,11-12,15,18,30H,4,6,10,13-14,16H2,(H,31,36).